The second-order valence-electron chi connectivity index (χ2n) is 5.54. The molecule has 0 atom stereocenters. The lowest BCUT2D eigenvalue weighted by Gasteiger charge is -2.13. The summed E-state index contributed by atoms with van der Waals surface area (Å²) in [6.07, 6.45) is 1.13. The Morgan fingerprint density at radius 2 is 1.78 bits per heavy atom. The molecule has 1 heterocycles. The fraction of sp³-hybridized carbons (Fsp3) is 0.250. The van der Waals surface area contributed by atoms with Crippen LogP contribution in [-0.2, 0) is 6.54 Å². The van der Waals surface area contributed by atoms with Crippen LogP contribution in [-0.4, -0.2) is 15.4 Å². The fourth-order valence-electron chi connectivity index (χ4n) is 2.64. The number of amides is 1. The number of carbonyl (C=O) groups is 1. The van der Waals surface area contributed by atoms with E-state index in [9.17, 15) is 19.7 Å². The molecule has 0 bridgehead atoms. The molecule has 7 nitrogen and oxygen atoms in total. The molecule has 2 N–H and O–H groups in total. The van der Waals surface area contributed by atoms with Crippen molar-refractivity contribution in [3.63, 3.8) is 0 Å². The molecule has 0 saturated carbocycles. The number of rotatable bonds is 4. The van der Waals surface area contributed by atoms with Gasteiger partial charge in [-0.3, -0.25) is 19.7 Å². The van der Waals surface area contributed by atoms with Crippen molar-refractivity contribution in [1.29, 1.82) is 0 Å². The van der Waals surface area contributed by atoms with Gasteiger partial charge in [0.25, 0.3) is 17.2 Å². The third-order valence-electron chi connectivity index (χ3n) is 3.72. The Hall–Kier alpha value is -2.96. The van der Waals surface area contributed by atoms with E-state index in [0.717, 1.165) is 39.1 Å². The number of hydrogen-bond donors (Lipinski definition) is 1. The van der Waals surface area contributed by atoms with Crippen molar-refractivity contribution in [3.8, 4) is 0 Å². The summed E-state index contributed by atoms with van der Waals surface area (Å²) in [6.45, 7) is 5.92. The van der Waals surface area contributed by atoms with Crippen molar-refractivity contribution in [2.45, 2.75) is 27.3 Å². The van der Waals surface area contributed by atoms with Gasteiger partial charge in [-0.05, 0) is 37.5 Å². The summed E-state index contributed by atoms with van der Waals surface area (Å²) in [4.78, 5) is 34.0. The molecule has 0 unspecified atom stereocenters. The Morgan fingerprint density at radius 3 is 2.26 bits per heavy atom. The topological polar surface area (TPSA) is 108 Å². The third kappa shape index (κ3) is 3.28. The van der Waals surface area contributed by atoms with Crippen molar-refractivity contribution in [1.82, 2.24) is 4.57 Å². The van der Waals surface area contributed by atoms with E-state index in [4.69, 9.17) is 5.73 Å². The van der Waals surface area contributed by atoms with Crippen LogP contribution in [0.2, 0.25) is 0 Å². The van der Waals surface area contributed by atoms with Gasteiger partial charge in [0.2, 0.25) is 0 Å². The van der Waals surface area contributed by atoms with Gasteiger partial charge in [-0.2, -0.15) is 0 Å². The van der Waals surface area contributed by atoms with E-state index in [1.807, 2.05) is 32.9 Å². The number of nitrogens with two attached hydrogens (primary N) is 1. The molecule has 7 heteroatoms. The lowest BCUT2D eigenvalue weighted by molar-refractivity contribution is -0.385. The van der Waals surface area contributed by atoms with Crippen LogP contribution in [0.5, 0.6) is 0 Å². The second kappa shape index (κ2) is 6.04. The molecule has 0 spiro atoms. The summed E-state index contributed by atoms with van der Waals surface area (Å²) in [5.74, 6) is -0.982. The van der Waals surface area contributed by atoms with Gasteiger partial charge < -0.3 is 10.3 Å². The average Bonchev–Trinajstić information content (AvgIpc) is 2.43. The Balaban J connectivity index is 2.63. The molecule has 0 aliphatic heterocycles. The summed E-state index contributed by atoms with van der Waals surface area (Å²) >= 11 is 0. The smallest absolute Gasteiger partial charge is 0.286 e. The third-order valence-corrected chi connectivity index (χ3v) is 3.72. The molecule has 1 amide bonds. The highest BCUT2D eigenvalue weighted by Crippen LogP contribution is 2.18. The molecule has 0 saturated heterocycles. The van der Waals surface area contributed by atoms with E-state index in [1.54, 1.807) is 0 Å². The number of carbonyl (C=O) groups excluding carboxylic acids is 1. The molecular weight excluding hydrogens is 298 g/mol. The van der Waals surface area contributed by atoms with E-state index < -0.39 is 16.4 Å². The maximum absolute atomic E-state index is 12.3. The van der Waals surface area contributed by atoms with Gasteiger partial charge in [0.1, 0.15) is 5.56 Å². The monoisotopic (exact) mass is 315 g/mol. The molecular formula is C16H17N3O4. The molecule has 0 aliphatic rings. The van der Waals surface area contributed by atoms with Gasteiger partial charge in [-0.1, -0.05) is 17.7 Å². The molecule has 0 fully saturated rings. The molecule has 0 aliphatic carbocycles. The summed E-state index contributed by atoms with van der Waals surface area (Å²) in [6, 6.07) is 4.86. The first-order valence-electron chi connectivity index (χ1n) is 6.96. The molecule has 2 aromatic rings. The zero-order chi connectivity index (χ0) is 17.3. The predicted octanol–water partition coefficient (Wildman–Crippen LogP) is 1.83. The molecule has 0 radical (unpaired) electrons. The van der Waals surface area contributed by atoms with Crippen LogP contribution in [0, 0.1) is 30.9 Å². The van der Waals surface area contributed by atoms with Crippen molar-refractivity contribution >= 4 is 11.6 Å². The van der Waals surface area contributed by atoms with Crippen molar-refractivity contribution < 1.29 is 9.72 Å². The van der Waals surface area contributed by atoms with E-state index in [-0.39, 0.29) is 17.8 Å². The van der Waals surface area contributed by atoms with Crippen molar-refractivity contribution in [2.24, 2.45) is 5.73 Å². The van der Waals surface area contributed by atoms with Crippen molar-refractivity contribution in [2.75, 3.05) is 0 Å². The Bertz CT molecular complexity index is 845. The molecule has 1 aromatic carbocycles. The Kier molecular flexibility index (Phi) is 4.31. The maximum atomic E-state index is 12.3. The van der Waals surface area contributed by atoms with Gasteiger partial charge in [0.15, 0.2) is 0 Å². The largest absolute Gasteiger partial charge is 0.365 e. The van der Waals surface area contributed by atoms with Crippen LogP contribution in [0.4, 0.5) is 5.69 Å². The molecule has 1 aromatic heterocycles. The van der Waals surface area contributed by atoms with E-state index in [0.29, 0.717) is 0 Å². The number of aryl methyl sites for hydroxylation is 3. The van der Waals surface area contributed by atoms with E-state index in [2.05, 4.69) is 0 Å². The molecule has 23 heavy (non-hydrogen) atoms. The normalized spacial score (nSPS) is 10.6. The predicted molar refractivity (Wildman–Crippen MR) is 85.6 cm³/mol. The summed E-state index contributed by atoms with van der Waals surface area (Å²) in [7, 11) is 0. The number of aromatic nitrogens is 1. The fourth-order valence-corrected chi connectivity index (χ4v) is 2.64. The number of nitro groups is 1. The van der Waals surface area contributed by atoms with E-state index >= 15 is 0 Å². The number of benzene rings is 1. The Morgan fingerprint density at radius 1 is 1.22 bits per heavy atom. The minimum Gasteiger partial charge on any atom is -0.365 e. The SMILES string of the molecule is Cc1cc(C)c(Cn2cc([N+](=O)[O-])cc(C(N)=O)c2=O)c(C)c1. The average molecular weight is 315 g/mol. The van der Waals surface area contributed by atoms with Gasteiger partial charge in [-0.15, -0.1) is 0 Å². The number of hydrogen-bond acceptors (Lipinski definition) is 4. The standard InChI is InChI=1S/C16H17N3O4/c1-9-4-10(2)14(11(3)5-9)8-18-7-12(19(22)23)6-13(15(17)20)16(18)21/h4-7H,8H2,1-3H3,(H2,17,20). The van der Waals surface area contributed by atoms with Gasteiger partial charge in [0.05, 0.1) is 17.7 Å². The van der Waals surface area contributed by atoms with Crippen LogP contribution in [0.1, 0.15) is 32.6 Å². The first-order chi connectivity index (χ1) is 10.7. The molecule has 120 valence electrons. The van der Waals surface area contributed by atoms with Gasteiger partial charge >= 0.3 is 0 Å². The zero-order valence-corrected chi connectivity index (χ0v) is 13.1. The maximum Gasteiger partial charge on any atom is 0.286 e. The van der Waals surface area contributed by atoms with Crippen LogP contribution < -0.4 is 11.3 Å². The van der Waals surface area contributed by atoms with Gasteiger partial charge in [-0.25, -0.2) is 0 Å². The first-order valence-corrected chi connectivity index (χ1v) is 6.96. The minimum absolute atomic E-state index is 0.138. The highest BCUT2D eigenvalue weighted by Gasteiger charge is 2.18. The summed E-state index contributed by atoms with van der Waals surface area (Å²) in [5, 5.41) is 11.0. The van der Waals surface area contributed by atoms with Crippen LogP contribution in [0.25, 0.3) is 0 Å². The van der Waals surface area contributed by atoms with Crippen LogP contribution >= 0.6 is 0 Å². The van der Waals surface area contributed by atoms with Crippen LogP contribution in [0.3, 0.4) is 0 Å². The van der Waals surface area contributed by atoms with Crippen molar-refractivity contribution in [3.05, 3.63) is 72.7 Å². The zero-order valence-electron chi connectivity index (χ0n) is 13.1. The number of pyridine rings is 1. The number of primary amides is 1. The van der Waals surface area contributed by atoms with Crippen LogP contribution in [0.15, 0.2) is 29.2 Å². The highest BCUT2D eigenvalue weighted by atomic mass is 16.6. The quantitative estimate of drug-likeness (QED) is 0.685. The number of nitrogens with zero attached hydrogens (tertiary/aromatic N) is 2. The molecule has 2 rings (SSSR count). The highest BCUT2D eigenvalue weighted by molar-refractivity contribution is 5.92. The first kappa shape index (κ1) is 16.4. The minimum atomic E-state index is -0.982. The van der Waals surface area contributed by atoms with Gasteiger partial charge in [0, 0.05) is 6.07 Å². The Labute approximate surface area is 132 Å². The summed E-state index contributed by atoms with van der Waals surface area (Å²) < 4.78 is 1.16. The second-order valence-corrected chi connectivity index (χ2v) is 5.54. The lowest BCUT2D eigenvalue weighted by atomic mass is 9.99. The lowest BCUT2D eigenvalue weighted by Crippen LogP contribution is -2.30. The van der Waals surface area contributed by atoms with E-state index in [1.165, 1.54) is 0 Å². The summed E-state index contributed by atoms with van der Waals surface area (Å²) in [5.41, 5.74) is 7.70.